The van der Waals surface area contributed by atoms with Gasteiger partial charge >= 0.3 is 5.97 Å². The van der Waals surface area contributed by atoms with Crippen LogP contribution in [0.3, 0.4) is 0 Å². The Morgan fingerprint density at radius 3 is 2.00 bits per heavy atom. The third kappa shape index (κ3) is 4.60. The van der Waals surface area contributed by atoms with E-state index in [0.717, 1.165) is 11.3 Å². The van der Waals surface area contributed by atoms with E-state index < -0.39 is 11.6 Å². The fourth-order valence-corrected chi connectivity index (χ4v) is 1.53. The number of amides is 2. The van der Waals surface area contributed by atoms with E-state index in [2.05, 4.69) is 0 Å². The quantitative estimate of drug-likeness (QED) is 0.277. The van der Waals surface area contributed by atoms with Gasteiger partial charge in [0.15, 0.2) is 0 Å². The van der Waals surface area contributed by atoms with Gasteiger partial charge in [0.25, 0.3) is 11.8 Å². The molecular weight excluding hydrogens is 278 g/mol. The number of carbonyl (C=O) groups is 2. The number of hydrogen-bond donors (Lipinski definition) is 0. The maximum atomic E-state index is 11.5. The summed E-state index contributed by atoms with van der Waals surface area (Å²) in [7, 11) is 2.80. The molecule has 1 heterocycles. The van der Waals surface area contributed by atoms with E-state index in [-0.39, 0.29) is 24.8 Å². The number of rotatable bonds is 9. The van der Waals surface area contributed by atoms with Crippen molar-refractivity contribution in [1.82, 2.24) is 4.90 Å². The van der Waals surface area contributed by atoms with Crippen molar-refractivity contribution in [2.45, 2.75) is 45.2 Å². The highest BCUT2D eigenvalue weighted by Crippen LogP contribution is 2.24. The number of nitrogens with zero attached hydrogens (tertiary/aromatic N) is 1. The molecule has 0 aromatic carbocycles. The first-order valence-electron chi connectivity index (χ1n) is 6.80. The van der Waals surface area contributed by atoms with E-state index in [1.54, 1.807) is 0 Å². The van der Waals surface area contributed by atoms with Crippen molar-refractivity contribution < 1.29 is 28.8 Å². The standard InChI is InChI=1S/C14H23NO6/c1-6-13(2,3)20-21-14(18-4,19-5)9-10-15-11(16)7-8-12(15)17/h7-8H,6,9-10H2,1-5H3. The molecule has 1 aliphatic rings. The molecule has 0 saturated carbocycles. The normalized spacial score (nSPS) is 16.1. The maximum absolute atomic E-state index is 11.5. The lowest BCUT2D eigenvalue weighted by Gasteiger charge is -2.33. The van der Waals surface area contributed by atoms with E-state index in [4.69, 9.17) is 19.2 Å². The van der Waals surface area contributed by atoms with Crippen LogP contribution >= 0.6 is 0 Å². The Morgan fingerprint density at radius 1 is 1.05 bits per heavy atom. The van der Waals surface area contributed by atoms with Gasteiger partial charge in [0, 0.05) is 32.9 Å². The Kier molecular flexibility index (Phi) is 6.03. The summed E-state index contributed by atoms with van der Waals surface area (Å²) in [5, 5.41) is 0. The molecule has 1 rings (SSSR count). The highest BCUT2D eigenvalue weighted by atomic mass is 17.3. The SMILES string of the molecule is CCC(C)(C)OOC(CCN1C(=O)C=CC1=O)(OC)OC. The first-order valence-corrected chi connectivity index (χ1v) is 6.80. The van der Waals surface area contributed by atoms with Gasteiger partial charge in [-0.2, -0.15) is 4.89 Å². The van der Waals surface area contributed by atoms with E-state index >= 15 is 0 Å². The van der Waals surface area contributed by atoms with Crippen LogP contribution in [0.1, 0.15) is 33.6 Å². The third-order valence-corrected chi connectivity index (χ3v) is 3.41. The Bertz CT molecular complexity index is 396. The Hall–Kier alpha value is -1.28. The summed E-state index contributed by atoms with van der Waals surface area (Å²) in [5.74, 6) is -2.21. The summed E-state index contributed by atoms with van der Waals surface area (Å²) >= 11 is 0. The molecule has 0 fully saturated rings. The number of carbonyl (C=O) groups excluding carboxylic acids is 2. The largest absolute Gasteiger partial charge is 0.329 e. The average molecular weight is 301 g/mol. The van der Waals surface area contributed by atoms with Gasteiger partial charge in [0.05, 0.1) is 12.0 Å². The zero-order valence-corrected chi connectivity index (χ0v) is 13.2. The molecule has 120 valence electrons. The smallest absolute Gasteiger partial charge is 0.313 e. The highest BCUT2D eigenvalue weighted by molar-refractivity contribution is 6.12. The molecule has 21 heavy (non-hydrogen) atoms. The molecule has 7 heteroatoms. The summed E-state index contributed by atoms with van der Waals surface area (Å²) in [5.41, 5.74) is -0.511. The lowest BCUT2D eigenvalue weighted by Crippen LogP contribution is -2.44. The van der Waals surface area contributed by atoms with Crippen LogP contribution in [0.2, 0.25) is 0 Å². The molecule has 0 aromatic heterocycles. The zero-order valence-electron chi connectivity index (χ0n) is 13.2. The van der Waals surface area contributed by atoms with Crippen molar-refractivity contribution in [2.24, 2.45) is 0 Å². The number of imide groups is 1. The molecule has 0 bridgehead atoms. The van der Waals surface area contributed by atoms with Crippen LogP contribution in [0.15, 0.2) is 12.2 Å². The topological polar surface area (TPSA) is 74.3 Å². The lowest BCUT2D eigenvalue weighted by molar-refractivity contribution is -0.522. The van der Waals surface area contributed by atoms with Gasteiger partial charge in [0.2, 0.25) is 0 Å². The van der Waals surface area contributed by atoms with Crippen molar-refractivity contribution in [2.75, 3.05) is 20.8 Å². The van der Waals surface area contributed by atoms with E-state index in [9.17, 15) is 9.59 Å². The van der Waals surface area contributed by atoms with Crippen molar-refractivity contribution >= 4 is 11.8 Å². The minimum Gasteiger partial charge on any atom is -0.329 e. The van der Waals surface area contributed by atoms with Crippen LogP contribution in [0.4, 0.5) is 0 Å². The summed E-state index contributed by atoms with van der Waals surface area (Å²) in [6.45, 7) is 5.78. The van der Waals surface area contributed by atoms with Crippen LogP contribution in [-0.4, -0.2) is 49.1 Å². The maximum Gasteiger partial charge on any atom is 0.313 e. The molecule has 7 nitrogen and oxygen atoms in total. The molecule has 0 atom stereocenters. The molecule has 0 saturated heterocycles. The third-order valence-electron chi connectivity index (χ3n) is 3.41. The van der Waals surface area contributed by atoms with Crippen LogP contribution in [0.5, 0.6) is 0 Å². The fourth-order valence-electron chi connectivity index (χ4n) is 1.53. The minimum atomic E-state index is -1.48. The molecule has 0 N–H and O–H groups in total. The molecule has 0 radical (unpaired) electrons. The second-order valence-corrected chi connectivity index (χ2v) is 5.28. The van der Waals surface area contributed by atoms with Gasteiger partial charge in [-0.05, 0) is 20.3 Å². The summed E-state index contributed by atoms with van der Waals surface area (Å²) in [4.78, 5) is 34.7. The highest BCUT2D eigenvalue weighted by Gasteiger charge is 2.37. The number of methoxy groups -OCH3 is 2. The summed E-state index contributed by atoms with van der Waals surface area (Å²) < 4.78 is 10.4. The minimum absolute atomic E-state index is 0.0995. The van der Waals surface area contributed by atoms with Crippen molar-refractivity contribution in [3.63, 3.8) is 0 Å². The molecule has 0 unspecified atom stereocenters. The van der Waals surface area contributed by atoms with Crippen LogP contribution in [-0.2, 0) is 28.8 Å². The van der Waals surface area contributed by atoms with Crippen molar-refractivity contribution in [3.05, 3.63) is 12.2 Å². The monoisotopic (exact) mass is 301 g/mol. The van der Waals surface area contributed by atoms with E-state index in [1.807, 2.05) is 20.8 Å². The molecule has 2 amide bonds. The Morgan fingerprint density at radius 2 is 1.57 bits per heavy atom. The molecule has 0 aliphatic carbocycles. The second kappa shape index (κ2) is 7.13. The summed E-state index contributed by atoms with van der Waals surface area (Å²) in [6.07, 6.45) is 3.30. The Labute approximate surface area is 124 Å². The second-order valence-electron chi connectivity index (χ2n) is 5.28. The van der Waals surface area contributed by atoms with Gasteiger partial charge in [-0.25, -0.2) is 4.89 Å². The fraction of sp³-hybridized carbons (Fsp3) is 0.714. The molecule has 0 aromatic rings. The van der Waals surface area contributed by atoms with Gasteiger partial charge < -0.3 is 9.47 Å². The van der Waals surface area contributed by atoms with Crippen LogP contribution in [0.25, 0.3) is 0 Å². The molecular formula is C14H23NO6. The first-order chi connectivity index (χ1) is 9.79. The predicted molar refractivity (Wildman–Crippen MR) is 73.8 cm³/mol. The molecule has 1 aliphatic heterocycles. The number of ether oxygens (including phenoxy) is 2. The lowest BCUT2D eigenvalue weighted by atomic mass is 10.1. The van der Waals surface area contributed by atoms with Gasteiger partial charge in [0.1, 0.15) is 0 Å². The Balaban J connectivity index is 2.63. The van der Waals surface area contributed by atoms with Crippen LogP contribution < -0.4 is 0 Å². The number of hydrogen-bond acceptors (Lipinski definition) is 6. The van der Waals surface area contributed by atoms with Gasteiger partial charge in [-0.15, -0.1) is 0 Å². The molecule has 0 spiro atoms. The zero-order chi connectivity index (χ0) is 16.1. The van der Waals surface area contributed by atoms with Crippen LogP contribution in [0, 0.1) is 0 Å². The van der Waals surface area contributed by atoms with E-state index in [1.165, 1.54) is 26.4 Å². The first kappa shape index (κ1) is 17.8. The van der Waals surface area contributed by atoms with Gasteiger partial charge in [-0.3, -0.25) is 14.5 Å². The van der Waals surface area contributed by atoms with E-state index in [0.29, 0.717) is 0 Å². The predicted octanol–water partition coefficient (Wildman–Crippen LogP) is 1.38. The average Bonchev–Trinajstić information content (AvgIpc) is 2.79. The van der Waals surface area contributed by atoms with Crippen molar-refractivity contribution in [1.29, 1.82) is 0 Å². The van der Waals surface area contributed by atoms with Crippen molar-refractivity contribution in [3.8, 4) is 0 Å². The van der Waals surface area contributed by atoms with Gasteiger partial charge in [-0.1, -0.05) is 6.92 Å². The summed E-state index contributed by atoms with van der Waals surface area (Å²) in [6, 6.07) is 0.